The number of carbonyl (C=O) groups is 1. The predicted octanol–water partition coefficient (Wildman–Crippen LogP) is 3.30. The van der Waals surface area contributed by atoms with Gasteiger partial charge in [0, 0.05) is 30.6 Å². The minimum Gasteiger partial charge on any atom is -0.491 e. The van der Waals surface area contributed by atoms with Crippen molar-refractivity contribution in [3.8, 4) is 0 Å². The standard InChI is InChI=1S/C26H29N3O8S2/c1-17(2)37-19-3-5-20(6-4-19)39(34,35)29-11-9-18(14-29)23-15-28(16-25(30)31)24-13-21(7-8-22(23)24)38(32,33)26-27-10-12-36-26/h3-5,7-8,10,12-13,15,17-18,20H,6,9,11,14,16H2,1-2H3,(H,30,31). The second kappa shape index (κ2) is 10.3. The number of carboxylic acid groups (broad SMARTS) is 1. The molecule has 1 fully saturated rings. The number of hydrogen-bond donors (Lipinski definition) is 1. The molecular formula is C26H29N3O8S2. The highest BCUT2D eigenvalue weighted by Gasteiger charge is 2.38. The fourth-order valence-corrected chi connectivity index (χ4v) is 7.92. The van der Waals surface area contributed by atoms with Crippen molar-refractivity contribution in [2.24, 2.45) is 0 Å². The molecule has 13 heteroatoms. The Morgan fingerprint density at radius 2 is 2.05 bits per heavy atom. The van der Waals surface area contributed by atoms with Crippen molar-refractivity contribution in [2.75, 3.05) is 13.1 Å². The van der Waals surface area contributed by atoms with Crippen molar-refractivity contribution in [3.05, 3.63) is 66.4 Å². The number of aliphatic carboxylic acids is 1. The lowest BCUT2D eigenvalue weighted by molar-refractivity contribution is -0.137. The summed E-state index contributed by atoms with van der Waals surface area (Å²) < 4.78 is 66.3. The zero-order valence-corrected chi connectivity index (χ0v) is 23.1. The third-order valence-electron chi connectivity index (χ3n) is 6.87. The molecule has 0 spiro atoms. The van der Waals surface area contributed by atoms with Crippen molar-refractivity contribution in [3.63, 3.8) is 0 Å². The van der Waals surface area contributed by atoms with Gasteiger partial charge in [-0.15, -0.1) is 0 Å². The summed E-state index contributed by atoms with van der Waals surface area (Å²) in [4.78, 5) is 15.2. The molecule has 2 aromatic heterocycles. The average Bonchev–Trinajstić information content (AvgIpc) is 3.64. The lowest BCUT2D eigenvalue weighted by Crippen LogP contribution is -2.36. The molecule has 2 aliphatic rings. The van der Waals surface area contributed by atoms with Gasteiger partial charge in [0.2, 0.25) is 10.0 Å². The van der Waals surface area contributed by atoms with Crippen molar-refractivity contribution >= 4 is 36.7 Å². The van der Waals surface area contributed by atoms with Gasteiger partial charge in [-0.3, -0.25) is 4.79 Å². The normalized spacial score (nSPS) is 20.5. The van der Waals surface area contributed by atoms with E-state index < -0.39 is 36.3 Å². The van der Waals surface area contributed by atoms with Crippen LogP contribution >= 0.6 is 0 Å². The smallest absolute Gasteiger partial charge is 0.323 e. The van der Waals surface area contributed by atoms with Crippen molar-refractivity contribution in [1.82, 2.24) is 13.9 Å². The van der Waals surface area contributed by atoms with Gasteiger partial charge in [0.05, 0.1) is 28.0 Å². The van der Waals surface area contributed by atoms with E-state index in [0.717, 1.165) is 11.8 Å². The first-order chi connectivity index (χ1) is 18.5. The van der Waals surface area contributed by atoms with E-state index >= 15 is 0 Å². The summed E-state index contributed by atoms with van der Waals surface area (Å²) in [5, 5.41) is 9.00. The van der Waals surface area contributed by atoms with Crippen LogP contribution in [0.25, 0.3) is 10.9 Å². The van der Waals surface area contributed by atoms with Gasteiger partial charge in [-0.1, -0.05) is 12.1 Å². The molecule has 0 bridgehead atoms. The summed E-state index contributed by atoms with van der Waals surface area (Å²) in [5.74, 6) is -0.617. The van der Waals surface area contributed by atoms with Crippen LogP contribution in [-0.4, -0.2) is 66.2 Å². The van der Waals surface area contributed by atoms with Crippen molar-refractivity contribution in [1.29, 1.82) is 0 Å². The van der Waals surface area contributed by atoms with Gasteiger partial charge in [0.1, 0.15) is 18.6 Å². The van der Waals surface area contributed by atoms with Gasteiger partial charge in [-0.25, -0.2) is 26.1 Å². The Labute approximate surface area is 226 Å². The molecule has 0 amide bonds. The van der Waals surface area contributed by atoms with Gasteiger partial charge in [-0.05, 0) is 56.5 Å². The molecule has 1 aliphatic heterocycles. The van der Waals surface area contributed by atoms with Crippen LogP contribution in [0, 0.1) is 0 Å². The number of hydrogen-bond acceptors (Lipinski definition) is 8. The third kappa shape index (κ3) is 5.25. The predicted molar refractivity (Wildman–Crippen MR) is 141 cm³/mol. The SMILES string of the molecule is CC(C)OC1=CCC(S(=O)(=O)N2CCC(c3cn(CC(=O)O)c4cc(S(=O)(=O)c5ncco5)ccc34)C2)C=C1. The highest BCUT2D eigenvalue weighted by Crippen LogP contribution is 2.37. The second-order valence-electron chi connectivity index (χ2n) is 9.88. The monoisotopic (exact) mass is 575 g/mol. The molecule has 39 heavy (non-hydrogen) atoms. The van der Waals surface area contributed by atoms with Gasteiger partial charge >= 0.3 is 11.2 Å². The number of aromatic nitrogens is 2. The summed E-state index contributed by atoms with van der Waals surface area (Å²) in [5.41, 5.74) is 1.19. The Morgan fingerprint density at radius 3 is 2.69 bits per heavy atom. The third-order valence-corrected chi connectivity index (χ3v) is 10.6. The van der Waals surface area contributed by atoms with Gasteiger partial charge in [0.25, 0.3) is 9.84 Å². The molecule has 0 saturated carbocycles. The van der Waals surface area contributed by atoms with Crippen LogP contribution in [0.3, 0.4) is 0 Å². The van der Waals surface area contributed by atoms with Gasteiger partial charge < -0.3 is 18.8 Å². The summed E-state index contributed by atoms with van der Waals surface area (Å²) in [7, 11) is -7.66. The maximum absolute atomic E-state index is 13.4. The minimum atomic E-state index is -4.04. The molecule has 208 valence electrons. The van der Waals surface area contributed by atoms with Gasteiger partial charge in [-0.2, -0.15) is 0 Å². The first-order valence-corrected chi connectivity index (χ1v) is 15.5. The number of sulfone groups is 1. The van der Waals surface area contributed by atoms with Crippen LogP contribution in [0.4, 0.5) is 0 Å². The van der Waals surface area contributed by atoms with E-state index in [0.29, 0.717) is 36.0 Å². The van der Waals surface area contributed by atoms with E-state index in [9.17, 15) is 26.7 Å². The van der Waals surface area contributed by atoms with Crippen LogP contribution in [0.15, 0.2) is 75.4 Å². The summed E-state index contributed by atoms with van der Waals surface area (Å²) >= 11 is 0. The fraction of sp³-hybridized carbons (Fsp3) is 0.385. The van der Waals surface area contributed by atoms with Crippen LogP contribution in [0.5, 0.6) is 0 Å². The topological polar surface area (TPSA) is 149 Å². The van der Waals surface area contributed by atoms with E-state index in [-0.39, 0.29) is 30.0 Å². The zero-order valence-electron chi connectivity index (χ0n) is 21.4. The molecule has 5 rings (SSSR count). The number of sulfonamides is 1. The Kier molecular flexibility index (Phi) is 7.16. The number of nitrogens with zero attached hydrogens (tertiary/aromatic N) is 3. The lowest BCUT2D eigenvalue weighted by Gasteiger charge is -2.24. The molecule has 1 aliphatic carbocycles. The highest BCUT2D eigenvalue weighted by atomic mass is 32.2. The Balaban J connectivity index is 1.42. The Hall–Kier alpha value is -3.42. The molecular weight excluding hydrogens is 546 g/mol. The quantitative estimate of drug-likeness (QED) is 0.405. The zero-order chi connectivity index (χ0) is 27.9. The van der Waals surface area contributed by atoms with Crippen LogP contribution in [0.1, 0.15) is 38.2 Å². The molecule has 0 radical (unpaired) electrons. The molecule has 1 saturated heterocycles. The van der Waals surface area contributed by atoms with Crippen molar-refractivity contribution < 1.29 is 35.9 Å². The number of rotatable bonds is 9. The van der Waals surface area contributed by atoms with E-state index in [4.69, 9.17) is 9.15 Å². The number of oxazole rings is 1. The number of fused-ring (bicyclic) bond motifs is 1. The molecule has 3 heterocycles. The Morgan fingerprint density at radius 1 is 1.26 bits per heavy atom. The first kappa shape index (κ1) is 27.2. The summed E-state index contributed by atoms with van der Waals surface area (Å²) in [6.07, 6.45) is 10.1. The molecule has 11 nitrogen and oxygen atoms in total. The van der Waals surface area contributed by atoms with Crippen LogP contribution in [-0.2, 0) is 35.9 Å². The molecule has 2 unspecified atom stereocenters. The number of carboxylic acids is 1. The largest absolute Gasteiger partial charge is 0.491 e. The first-order valence-electron chi connectivity index (χ1n) is 12.5. The van der Waals surface area contributed by atoms with Crippen molar-refractivity contribution in [2.45, 2.75) is 60.6 Å². The lowest BCUT2D eigenvalue weighted by atomic mass is 9.98. The number of allylic oxidation sites excluding steroid dienone is 2. The maximum Gasteiger partial charge on any atom is 0.323 e. The minimum absolute atomic E-state index is 0.00496. The van der Waals surface area contributed by atoms with E-state index in [1.807, 2.05) is 13.8 Å². The molecule has 1 N–H and O–H groups in total. The van der Waals surface area contributed by atoms with E-state index in [2.05, 4.69) is 4.98 Å². The number of ether oxygens (including phenoxy) is 1. The average molecular weight is 576 g/mol. The van der Waals surface area contributed by atoms with E-state index in [1.165, 1.54) is 27.2 Å². The maximum atomic E-state index is 13.4. The highest BCUT2D eigenvalue weighted by molar-refractivity contribution is 7.91. The molecule has 3 aromatic rings. The van der Waals surface area contributed by atoms with Crippen LogP contribution in [0.2, 0.25) is 0 Å². The fourth-order valence-electron chi connectivity index (χ4n) is 5.08. The summed E-state index contributed by atoms with van der Waals surface area (Å²) in [6.45, 7) is 4.01. The Bertz CT molecular complexity index is 1670. The number of benzene rings is 1. The van der Waals surface area contributed by atoms with Crippen LogP contribution < -0.4 is 0 Å². The summed E-state index contributed by atoms with van der Waals surface area (Å²) in [6, 6.07) is 4.46. The molecule has 2 atom stereocenters. The molecule has 1 aromatic carbocycles. The van der Waals surface area contributed by atoms with Gasteiger partial charge in [0.15, 0.2) is 0 Å². The second-order valence-corrected chi connectivity index (χ2v) is 13.9. The van der Waals surface area contributed by atoms with E-state index in [1.54, 1.807) is 30.5 Å².